The van der Waals surface area contributed by atoms with Gasteiger partial charge in [-0.15, -0.1) is 110 Å². The summed E-state index contributed by atoms with van der Waals surface area (Å²) < 4.78 is 10.3. The summed E-state index contributed by atoms with van der Waals surface area (Å²) in [4.78, 5) is 22.9. The molecule has 63 heavy (non-hydrogen) atoms. The van der Waals surface area contributed by atoms with Crippen molar-refractivity contribution in [1.29, 1.82) is 0 Å². The third-order valence-electron chi connectivity index (χ3n) is 10.6. The van der Waals surface area contributed by atoms with Crippen LogP contribution in [-0.4, -0.2) is 0 Å². The fourth-order valence-electron chi connectivity index (χ4n) is 7.35. The molecular formula is C48H42N4S11. The smallest absolute Gasteiger partial charge is 0.106 e. The summed E-state index contributed by atoms with van der Waals surface area (Å²) in [5.41, 5.74) is 1.91. The second kappa shape index (κ2) is 20.5. The summed E-state index contributed by atoms with van der Waals surface area (Å²) in [6.45, 7) is 8.70. The van der Waals surface area contributed by atoms with Gasteiger partial charge >= 0.3 is 0 Å². The van der Waals surface area contributed by atoms with E-state index in [1.165, 1.54) is 169 Å². The minimum absolute atomic E-state index is 0.935. The van der Waals surface area contributed by atoms with Crippen molar-refractivity contribution in [3.63, 3.8) is 0 Å². The number of rotatable bonds is 18. The highest BCUT2D eigenvalue weighted by molar-refractivity contribution is 8.12. The number of thiophene rings is 8. The maximum Gasteiger partial charge on any atom is 0.106 e. The lowest BCUT2D eigenvalue weighted by molar-refractivity contribution is 0.670. The Hall–Kier alpha value is -2.67. The quantitative estimate of drug-likeness (QED) is 0.0636. The molecule has 0 fully saturated rings. The van der Waals surface area contributed by atoms with Crippen LogP contribution in [0.1, 0.15) is 79.8 Å². The lowest BCUT2D eigenvalue weighted by Gasteiger charge is -2.06. The van der Waals surface area contributed by atoms with E-state index >= 15 is 0 Å². The summed E-state index contributed by atoms with van der Waals surface area (Å²) in [6.07, 6.45) is 14.6. The molecule has 0 saturated carbocycles. The molecule has 320 valence electrons. The number of unbranched alkanes of at least 4 members (excludes halogenated alkanes) is 6. The average Bonchev–Trinajstić information content (AvgIpc) is 4.15. The molecule has 0 radical (unpaired) electrons. The Kier molecular flexibility index (Phi) is 14.3. The Morgan fingerprint density at radius 1 is 0.476 bits per heavy atom. The van der Waals surface area contributed by atoms with E-state index in [9.17, 15) is 0 Å². The molecule has 2 aliphatic heterocycles. The third-order valence-corrected chi connectivity index (χ3v) is 23.8. The zero-order valence-corrected chi connectivity index (χ0v) is 43.6. The molecule has 0 bridgehead atoms. The number of thioether (sulfide) groups is 1. The van der Waals surface area contributed by atoms with Crippen molar-refractivity contribution in [2.24, 2.45) is 19.3 Å². The van der Waals surface area contributed by atoms with Gasteiger partial charge in [0.05, 0.1) is 23.7 Å². The largest absolute Gasteiger partial charge is 0.142 e. The van der Waals surface area contributed by atoms with Crippen LogP contribution in [0.3, 0.4) is 0 Å². The molecule has 8 aromatic heterocycles. The average molecular weight is 1030 g/mol. The molecule has 4 nitrogen and oxygen atoms in total. The first-order valence-electron chi connectivity index (χ1n) is 21.1. The second-order valence-electron chi connectivity index (χ2n) is 15.1. The van der Waals surface area contributed by atoms with Gasteiger partial charge in [0.25, 0.3) is 0 Å². The Labute approximate surface area is 414 Å². The van der Waals surface area contributed by atoms with Crippen LogP contribution in [0.5, 0.6) is 0 Å². The number of aryl methyl sites for hydroxylation is 2. The van der Waals surface area contributed by atoms with Crippen LogP contribution in [0.4, 0.5) is 11.4 Å². The van der Waals surface area contributed by atoms with Crippen molar-refractivity contribution < 1.29 is 0 Å². The van der Waals surface area contributed by atoms with E-state index in [0.717, 1.165) is 22.7 Å². The lowest BCUT2D eigenvalue weighted by Crippen LogP contribution is -1.80. The van der Waals surface area contributed by atoms with Crippen LogP contribution in [0.25, 0.3) is 63.4 Å². The van der Waals surface area contributed by atoms with Crippen LogP contribution in [0, 0.1) is 0 Å². The van der Waals surface area contributed by atoms with Crippen LogP contribution in [0.2, 0.25) is 0 Å². The predicted octanol–water partition coefficient (Wildman–Crippen LogP) is 21.9. The summed E-state index contributed by atoms with van der Waals surface area (Å²) in [6, 6.07) is 29.6. The summed E-state index contributed by atoms with van der Waals surface area (Å²) in [5.74, 6) is 0. The van der Waals surface area contributed by atoms with Crippen molar-refractivity contribution >= 4 is 143 Å². The van der Waals surface area contributed by atoms with Gasteiger partial charge in [0, 0.05) is 92.2 Å². The highest BCUT2D eigenvalue weighted by atomic mass is 32.2. The molecule has 0 amide bonds. The molecule has 10 rings (SSSR count). The van der Waals surface area contributed by atoms with E-state index in [4.69, 9.17) is 0 Å². The number of allylic oxidation sites excluding steroid dienone is 1. The molecule has 15 heteroatoms. The fourth-order valence-corrected chi connectivity index (χ4v) is 19.4. The van der Waals surface area contributed by atoms with Gasteiger partial charge in [-0.1, -0.05) is 76.8 Å². The topological polar surface area (TPSA) is 49.4 Å². The summed E-state index contributed by atoms with van der Waals surface area (Å²) >= 11 is 19.7. The van der Waals surface area contributed by atoms with E-state index in [2.05, 4.69) is 119 Å². The highest BCUT2D eigenvalue weighted by Gasteiger charge is 2.25. The molecule has 0 spiro atoms. The van der Waals surface area contributed by atoms with Gasteiger partial charge in [0.2, 0.25) is 0 Å². The Morgan fingerprint density at radius 2 is 0.968 bits per heavy atom. The van der Waals surface area contributed by atoms with Gasteiger partial charge in [0.15, 0.2) is 0 Å². The Balaban J connectivity index is 0.839. The minimum Gasteiger partial charge on any atom is -0.142 e. The van der Waals surface area contributed by atoms with Gasteiger partial charge in [-0.3, -0.25) is 0 Å². The van der Waals surface area contributed by atoms with Gasteiger partial charge in [-0.05, 0) is 105 Å². The standard InChI is InChI=1S/C48H42N4S11/c1-4-7-9-11-13-28-15-17-37(53-28)42-27-43-48(60-42)46-31(50-52-63-43)26-41(59-46)39-23-21-36(57-39)34-19-18-33(55-34)35-20-22-38(56-35)40-25-30-45(58-40)47(32(6-3)62-51-49-30)61-44-24-16-29(54-44)14-12-10-8-5-2/h6,15-27H,3-5,7-14H2,1-2H3. The Morgan fingerprint density at radius 3 is 1.59 bits per heavy atom. The van der Waals surface area contributed by atoms with E-state index < -0.39 is 0 Å². The molecule has 0 N–H and O–H groups in total. The highest BCUT2D eigenvalue weighted by Crippen LogP contribution is 2.56. The van der Waals surface area contributed by atoms with Gasteiger partial charge in [0.1, 0.15) is 11.4 Å². The number of hydrogen-bond acceptors (Lipinski definition) is 15. The molecule has 2 aliphatic rings. The van der Waals surface area contributed by atoms with Crippen LogP contribution < -0.4 is 0 Å². The van der Waals surface area contributed by atoms with E-state index in [1.54, 1.807) is 0 Å². The lowest BCUT2D eigenvalue weighted by atomic mass is 10.1. The first-order chi connectivity index (χ1) is 31.0. The molecular weight excluding hydrogens is 985 g/mol. The minimum atomic E-state index is 0.935. The third kappa shape index (κ3) is 9.90. The second-order valence-corrected chi connectivity index (χ2v) is 26.7. The molecule has 0 atom stereocenters. The van der Waals surface area contributed by atoms with Gasteiger partial charge in [-0.2, -0.15) is 0 Å². The number of hydrogen-bond donors (Lipinski definition) is 0. The zero-order chi connectivity index (χ0) is 42.7. The van der Waals surface area contributed by atoms with Gasteiger partial charge in [-0.25, -0.2) is 0 Å². The van der Waals surface area contributed by atoms with E-state index in [1.807, 2.05) is 109 Å². The zero-order valence-electron chi connectivity index (χ0n) is 34.6. The van der Waals surface area contributed by atoms with Crippen molar-refractivity contribution in [3.05, 3.63) is 111 Å². The maximum atomic E-state index is 4.67. The van der Waals surface area contributed by atoms with Gasteiger partial charge < -0.3 is 0 Å². The molecule has 0 aliphatic carbocycles. The number of nitrogens with zero attached hydrogens (tertiary/aromatic N) is 4. The summed E-state index contributed by atoms with van der Waals surface area (Å²) in [7, 11) is 0. The van der Waals surface area contributed by atoms with Crippen molar-refractivity contribution in [2.45, 2.75) is 87.2 Å². The first-order valence-corrected chi connectivity index (χ1v) is 30.0. The summed E-state index contributed by atoms with van der Waals surface area (Å²) in [5, 5.41) is 9.33. The van der Waals surface area contributed by atoms with Crippen LogP contribution in [0.15, 0.2) is 125 Å². The maximum absolute atomic E-state index is 4.67. The molecule has 10 heterocycles. The SMILES string of the molecule is C=CC1=C(Sc2ccc(CCCCCC)s2)c2sc(-c3ccc(-c4ccc(-c5ccc(-c6cc7c(s6)-c6sc(-c8ccc(CCCCCC)s8)cc6SN=N7)s5)s4)s3)cc2N=NS1. The van der Waals surface area contributed by atoms with E-state index in [0.29, 0.717) is 0 Å². The molecule has 0 aromatic carbocycles. The Bertz CT molecular complexity index is 2970. The van der Waals surface area contributed by atoms with Crippen molar-refractivity contribution in [1.82, 2.24) is 0 Å². The normalized spacial score (nSPS) is 13.4. The molecule has 0 unspecified atom stereocenters. The molecule has 8 aromatic rings. The van der Waals surface area contributed by atoms with Crippen LogP contribution >= 0.6 is 126 Å². The van der Waals surface area contributed by atoms with Crippen molar-refractivity contribution in [3.8, 4) is 58.5 Å². The first kappa shape index (κ1) is 44.2. The van der Waals surface area contributed by atoms with E-state index in [-0.39, 0.29) is 0 Å². The molecule has 0 saturated heterocycles. The van der Waals surface area contributed by atoms with Crippen molar-refractivity contribution in [2.75, 3.05) is 0 Å². The predicted molar refractivity (Wildman–Crippen MR) is 290 cm³/mol. The number of fused-ring (bicyclic) bond motifs is 4. The monoisotopic (exact) mass is 1030 g/mol. The fraction of sp³-hybridized carbons (Fsp3) is 0.250. The van der Waals surface area contributed by atoms with Crippen LogP contribution in [-0.2, 0) is 12.8 Å².